The SMILES string of the molecule is C.CC(=O)c1sc(CC2CCCNC2)nc1N. The first-order valence-electron chi connectivity index (χ1n) is 5.63. The number of nitrogens with zero attached hydrogens (tertiary/aromatic N) is 1. The molecule has 4 nitrogen and oxygen atoms in total. The van der Waals surface area contributed by atoms with Crippen molar-refractivity contribution < 1.29 is 4.79 Å². The smallest absolute Gasteiger partial charge is 0.173 e. The third-order valence-electron chi connectivity index (χ3n) is 2.88. The van der Waals surface area contributed by atoms with E-state index in [0.717, 1.165) is 24.5 Å². The number of carbonyl (C=O) groups is 1. The van der Waals surface area contributed by atoms with Crippen LogP contribution in [0.1, 0.15) is 41.9 Å². The van der Waals surface area contributed by atoms with Crippen LogP contribution >= 0.6 is 11.3 Å². The van der Waals surface area contributed by atoms with Crippen LogP contribution in [0.5, 0.6) is 0 Å². The molecule has 5 heteroatoms. The van der Waals surface area contributed by atoms with E-state index in [1.807, 2.05) is 0 Å². The van der Waals surface area contributed by atoms with Crippen LogP contribution in [0.25, 0.3) is 0 Å². The Kier molecular flexibility index (Phi) is 5.08. The van der Waals surface area contributed by atoms with E-state index >= 15 is 0 Å². The minimum absolute atomic E-state index is 0. The number of nitrogens with two attached hydrogens (primary N) is 1. The monoisotopic (exact) mass is 255 g/mol. The molecule has 0 amide bonds. The fourth-order valence-corrected chi connectivity index (χ4v) is 3.06. The fourth-order valence-electron chi connectivity index (χ4n) is 2.06. The zero-order valence-electron chi connectivity index (χ0n) is 9.45. The summed E-state index contributed by atoms with van der Waals surface area (Å²) in [4.78, 5) is 16.1. The fraction of sp³-hybridized carbons (Fsp3) is 0.667. The van der Waals surface area contributed by atoms with Crippen LogP contribution in [0.3, 0.4) is 0 Å². The van der Waals surface area contributed by atoms with E-state index in [-0.39, 0.29) is 13.2 Å². The molecule has 3 N–H and O–H groups in total. The molecule has 0 saturated carbocycles. The number of thiazole rings is 1. The van der Waals surface area contributed by atoms with Gasteiger partial charge >= 0.3 is 0 Å². The molecule has 1 aromatic rings. The zero-order chi connectivity index (χ0) is 11.5. The number of ketones is 1. The summed E-state index contributed by atoms with van der Waals surface area (Å²) in [5.74, 6) is 1.05. The number of anilines is 1. The minimum Gasteiger partial charge on any atom is -0.382 e. The number of piperidine rings is 1. The molecular weight excluding hydrogens is 234 g/mol. The molecule has 1 fully saturated rings. The van der Waals surface area contributed by atoms with Crippen molar-refractivity contribution in [1.29, 1.82) is 0 Å². The van der Waals surface area contributed by atoms with Gasteiger partial charge in [-0.15, -0.1) is 11.3 Å². The largest absolute Gasteiger partial charge is 0.382 e. The molecule has 0 radical (unpaired) electrons. The van der Waals surface area contributed by atoms with Crippen LogP contribution in [-0.4, -0.2) is 23.9 Å². The molecule has 96 valence electrons. The molecule has 0 bridgehead atoms. The lowest BCUT2D eigenvalue weighted by Gasteiger charge is -2.21. The van der Waals surface area contributed by atoms with Gasteiger partial charge in [-0.3, -0.25) is 4.79 Å². The molecule has 1 unspecified atom stereocenters. The average molecular weight is 255 g/mol. The van der Waals surface area contributed by atoms with Gasteiger partial charge in [0, 0.05) is 13.3 Å². The van der Waals surface area contributed by atoms with E-state index in [1.54, 1.807) is 0 Å². The third-order valence-corrected chi connectivity index (χ3v) is 4.07. The van der Waals surface area contributed by atoms with Crippen molar-refractivity contribution in [2.75, 3.05) is 18.8 Å². The van der Waals surface area contributed by atoms with E-state index in [0.29, 0.717) is 16.6 Å². The number of hydrogen-bond acceptors (Lipinski definition) is 5. The van der Waals surface area contributed by atoms with Crippen molar-refractivity contribution in [3.8, 4) is 0 Å². The summed E-state index contributed by atoms with van der Waals surface area (Å²) in [5.41, 5.74) is 5.71. The second kappa shape index (κ2) is 6.12. The Morgan fingerprint density at radius 1 is 1.65 bits per heavy atom. The second-order valence-electron chi connectivity index (χ2n) is 4.29. The Hall–Kier alpha value is -0.940. The lowest BCUT2D eigenvalue weighted by Crippen LogP contribution is -2.30. The number of nitrogens with one attached hydrogen (secondary N) is 1. The van der Waals surface area contributed by atoms with Crippen LogP contribution in [0.2, 0.25) is 0 Å². The number of rotatable bonds is 3. The van der Waals surface area contributed by atoms with Gasteiger partial charge in [0.1, 0.15) is 10.7 Å². The molecule has 1 aliphatic heterocycles. The third kappa shape index (κ3) is 3.51. The highest BCUT2D eigenvalue weighted by atomic mass is 32.1. The van der Waals surface area contributed by atoms with Gasteiger partial charge in [0.25, 0.3) is 0 Å². The van der Waals surface area contributed by atoms with Crippen LogP contribution in [-0.2, 0) is 6.42 Å². The highest BCUT2D eigenvalue weighted by Gasteiger charge is 2.18. The van der Waals surface area contributed by atoms with Gasteiger partial charge in [0.05, 0.1) is 5.01 Å². The molecule has 1 saturated heterocycles. The van der Waals surface area contributed by atoms with Crippen LogP contribution in [0.4, 0.5) is 5.82 Å². The van der Waals surface area contributed by atoms with Crippen molar-refractivity contribution in [1.82, 2.24) is 10.3 Å². The summed E-state index contributed by atoms with van der Waals surface area (Å²) in [6.45, 7) is 3.71. The summed E-state index contributed by atoms with van der Waals surface area (Å²) >= 11 is 1.45. The molecule has 1 aromatic heterocycles. The van der Waals surface area contributed by atoms with E-state index in [1.165, 1.54) is 31.1 Å². The zero-order valence-corrected chi connectivity index (χ0v) is 10.3. The summed E-state index contributed by atoms with van der Waals surface area (Å²) in [6, 6.07) is 0. The van der Waals surface area contributed by atoms with Gasteiger partial charge < -0.3 is 11.1 Å². The molecule has 17 heavy (non-hydrogen) atoms. The van der Waals surface area contributed by atoms with Crippen molar-refractivity contribution in [2.24, 2.45) is 5.92 Å². The summed E-state index contributed by atoms with van der Waals surface area (Å²) in [6.07, 6.45) is 3.40. The number of nitrogen functional groups attached to an aromatic ring is 1. The Labute approximate surface area is 107 Å². The number of Topliss-reactive ketones (excluding diaryl/α,β-unsaturated/α-hetero) is 1. The van der Waals surface area contributed by atoms with Gasteiger partial charge in [-0.25, -0.2) is 4.98 Å². The lowest BCUT2D eigenvalue weighted by atomic mass is 9.97. The topological polar surface area (TPSA) is 68.0 Å². The lowest BCUT2D eigenvalue weighted by molar-refractivity contribution is 0.102. The molecule has 1 aliphatic rings. The maximum atomic E-state index is 11.2. The highest BCUT2D eigenvalue weighted by Crippen LogP contribution is 2.25. The second-order valence-corrected chi connectivity index (χ2v) is 5.38. The first-order valence-corrected chi connectivity index (χ1v) is 6.45. The van der Waals surface area contributed by atoms with Gasteiger partial charge in [0.15, 0.2) is 5.78 Å². The maximum Gasteiger partial charge on any atom is 0.173 e. The molecular formula is C12H21N3OS. The quantitative estimate of drug-likeness (QED) is 0.812. The predicted molar refractivity (Wildman–Crippen MR) is 72.6 cm³/mol. The van der Waals surface area contributed by atoms with Gasteiger partial charge in [0.2, 0.25) is 0 Å². The number of aromatic nitrogens is 1. The van der Waals surface area contributed by atoms with Crippen LogP contribution in [0, 0.1) is 5.92 Å². The average Bonchev–Trinajstić information content (AvgIpc) is 2.61. The van der Waals surface area contributed by atoms with Crippen LogP contribution < -0.4 is 11.1 Å². The van der Waals surface area contributed by atoms with E-state index < -0.39 is 0 Å². The first-order chi connectivity index (χ1) is 7.66. The predicted octanol–water partition coefficient (Wildman–Crippen LogP) is 2.11. The Bertz CT molecular complexity index is 383. The van der Waals surface area contributed by atoms with Gasteiger partial charge in [-0.05, 0) is 31.8 Å². The highest BCUT2D eigenvalue weighted by molar-refractivity contribution is 7.14. The normalized spacial score (nSPS) is 19.7. The van der Waals surface area contributed by atoms with Gasteiger partial charge in [-0.2, -0.15) is 0 Å². The molecule has 0 aromatic carbocycles. The number of hydrogen-bond donors (Lipinski definition) is 2. The van der Waals surface area contributed by atoms with E-state index in [4.69, 9.17) is 5.73 Å². The van der Waals surface area contributed by atoms with Crippen LogP contribution in [0.15, 0.2) is 0 Å². The van der Waals surface area contributed by atoms with Gasteiger partial charge in [-0.1, -0.05) is 7.43 Å². The van der Waals surface area contributed by atoms with Crippen molar-refractivity contribution >= 4 is 22.9 Å². The summed E-state index contributed by atoms with van der Waals surface area (Å²) < 4.78 is 0. The van der Waals surface area contributed by atoms with Crippen molar-refractivity contribution in [3.63, 3.8) is 0 Å². The van der Waals surface area contributed by atoms with Crippen molar-refractivity contribution in [3.05, 3.63) is 9.88 Å². The molecule has 0 spiro atoms. The summed E-state index contributed by atoms with van der Waals surface area (Å²) in [7, 11) is 0. The number of carbonyl (C=O) groups excluding carboxylic acids is 1. The first kappa shape index (κ1) is 14.1. The molecule has 2 heterocycles. The molecule has 2 rings (SSSR count). The Morgan fingerprint density at radius 3 is 2.94 bits per heavy atom. The summed E-state index contributed by atoms with van der Waals surface area (Å²) in [5, 5.41) is 4.37. The standard InChI is InChI=1S/C11H17N3OS.CH4/c1-7(15)10-11(12)14-9(16-10)5-8-3-2-4-13-6-8;/h8,13H,2-6,12H2,1H3;1H4. The maximum absolute atomic E-state index is 11.2. The Balaban J connectivity index is 0.00000144. The van der Waals surface area contributed by atoms with E-state index in [2.05, 4.69) is 10.3 Å². The molecule has 0 aliphatic carbocycles. The Morgan fingerprint density at radius 2 is 2.41 bits per heavy atom. The minimum atomic E-state index is 0. The van der Waals surface area contributed by atoms with E-state index in [9.17, 15) is 4.79 Å². The molecule has 1 atom stereocenters. The van der Waals surface area contributed by atoms with Crippen molar-refractivity contribution in [2.45, 2.75) is 33.6 Å².